The maximum Gasteiger partial charge on any atom is 0.326 e. The number of amides is 2. The standard InChI is InChI=1S/C33H32FN5O7S/c1-5-14-39(18-22-16-26-29(15-20(22)3)35-21(4)36-32(26)42)23-8-11-25(27(34)17-23)31(41)37-28(33(43)44)12-13-30(40)38-47(45,46)24-9-6-19(2)7-10-24/h1,6-11,15-17,28H,12-14,18H2,2-4H3,(H,37,41)(H,38,40)(H,43,44)(H,35,36,42)/t28-/m0/s1. The molecule has 12 nitrogen and oxygen atoms in total. The number of carboxylic acid groups (broad SMARTS) is 1. The van der Waals surface area contributed by atoms with Gasteiger partial charge in [0.25, 0.3) is 21.5 Å². The first-order valence-corrected chi connectivity index (χ1v) is 15.8. The summed E-state index contributed by atoms with van der Waals surface area (Å²) in [6, 6.07) is 11.3. The van der Waals surface area contributed by atoms with Crippen LogP contribution in [0.25, 0.3) is 10.9 Å². The molecule has 0 aliphatic rings. The molecule has 4 aromatic rings. The molecule has 0 unspecified atom stereocenters. The van der Waals surface area contributed by atoms with Crippen molar-refractivity contribution in [2.24, 2.45) is 0 Å². The van der Waals surface area contributed by atoms with E-state index in [4.69, 9.17) is 6.42 Å². The molecule has 4 rings (SSSR count). The third kappa shape index (κ3) is 8.39. The number of halogens is 1. The zero-order chi connectivity index (χ0) is 34.5. The van der Waals surface area contributed by atoms with Crippen LogP contribution in [0.2, 0.25) is 0 Å². The van der Waals surface area contributed by atoms with Crippen LogP contribution in [0.1, 0.15) is 45.7 Å². The van der Waals surface area contributed by atoms with Crippen molar-refractivity contribution in [1.82, 2.24) is 20.0 Å². The summed E-state index contributed by atoms with van der Waals surface area (Å²) in [5, 5.41) is 12.2. The number of anilines is 1. The zero-order valence-electron chi connectivity index (χ0n) is 25.8. The average Bonchev–Trinajstić information content (AvgIpc) is 2.99. The number of nitrogens with one attached hydrogen (secondary N) is 3. The number of nitrogens with zero attached hydrogens (tertiary/aromatic N) is 2. The number of aliphatic carboxylic acids is 1. The number of rotatable bonds is 12. The van der Waals surface area contributed by atoms with Crippen LogP contribution in [0.3, 0.4) is 0 Å². The predicted molar refractivity (Wildman–Crippen MR) is 173 cm³/mol. The summed E-state index contributed by atoms with van der Waals surface area (Å²) >= 11 is 0. The molecule has 244 valence electrons. The van der Waals surface area contributed by atoms with Crippen LogP contribution in [-0.2, 0) is 26.2 Å². The molecule has 14 heteroatoms. The average molecular weight is 662 g/mol. The number of carboxylic acids is 1. The van der Waals surface area contributed by atoms with Crippen molar-refractivity contribution in [3.05, 3.63) is 98.8 Å². The highest BCUT2D eigenvalue weighted by molar-refractivity contribution is 7.90. The van der Waals surface area contributed by atoms with Crippen molar-refractivity contribution in [1.29, 1.82) is 0 Å². The molecule has 0 spiro atoms. The molecule has 1 aromatic heterocycles. The zero-order valence-corrected chi connectivity index (χ0v) is 26.6. The number of H-pyrrole nitrogens is 1. The van der Waals surface area contributed by atoms with E-state index < -0.39 is 58.1 Å². The van der Waals surface area contributed by atoms with Crippen LogP contribution in [0.4, 0.5) is 10.1 Å². The van der Waals surface area contributed by atoms with E-state index in [1.165, 1.54) is 24.3 Å². The maximum absolute atomic E-state index is 15.3. The molecule has 0 fully saturated rings. The Hall–Kier alpha value is -5.55. The van der Waals surface area contributed by atoms with Gasteiger partial charge in [-0.3, -0.25) is 14.4 Å². The fourth-order valence-electron chi connectivity index (χ4n) is 4.81. The Morgan fingerprint density at radius 2 is 1.79 bits per heavy atom. The molecular weight excluding hydrogens is 629 g/mol. The van der Waals surface area contributed by atoms with Crippen molar-refractivity contribution in [2.45, 2.75) is 51.1 Å². The van der Waals surface area contributed by atoms with Gasteiger partial charge >= 0.3 is 5.97 Å². The third-order valence-electron chi connectivity index (χ3n) is 7.33. The molecule has 0 aliphatic heterocycles. The van der Waals surface area contributed by atoms with Gasteiger partial charge in [-0.1, -0.05) is 23.6 Å². The summed E-state index contributed by atoms with van der Waals surface area (Å²) in [4.78, 5) is 58.1. The molecule has 1 heterocycles. The van der Waals surface area contributed by atoms with Gasteiger partial charge in [0.15, 0.2) is 0 Å². The largest absolute Gasteiger partial charge is 0.480 e. The summed E-state index contributed by atoms with van der Waals surface area (Å²) in [6.07, 6.45) is 4.56. The first-order valence-electron chi connectivity index (χ1n) is 14.3. The number of fused-ring (bicyclic) bond motifs is 1. The van der Waals surface area contributed by atoms with Crippen molar-refractivity contribution in [3.63, 3.8) is 0 Å². The van der Waals surface area contributed by atoms with Gasteiger partial charge in [-0.25, -0.2) is 27.3 Å². The number of aryl methyl sites for hydroxylation is 3. The van der Waals surface area contributed by atoms with Crippen LogP contribution in [0.5, 0.6) is 0 Å². The molecular formula is C33H32FN5O7S. The van der Waals surface area contributed by atoms with Crippen LogP contribution in [0.15, 0.2) is 64.3 Å². The fourth-order valence-corrected chi connectivity index (χ4v) is 5.82. The minimum absolute atomic E-state index is 0.0632. The molecule has 0 bridgehead atoms. The summed E-state index contributed by atoms with van der Waals surface area (Å²) in [5.74, 6) is -1.50. The summed E-state index contributed by atoms with van der Waals surface area (Å²) < 4.78 is 42.1. The first-order chi connectivity index (χ1) is 22.2. The van der Waals surface area contributed by atoms with Crippen LogP contribution < -0.4 is 20.5 Å². The SMILES string of the molecule is C#CCN(Cc1cc2c(=O)[nH]c(C)nc2cc1C)c1ccc(C(=O)N[C@@H](CCC(=O)NS(=O)(=O)c2ccc(C)cc2)C(=O)O)c(F)c1. The van der Waals surface area contributed by atoms with Crippen molar-refractivity contribution in [2.75, 3.05) is 11.4 Å². The Kier molecular flexibility index (Phi) is 10.4. The number of hydrogen-bond donors (Lipinski definition) is 4. The fraction of sp³-hybridized carbons (Fsp3) is 0.242. The molecule has 2 amide bonds. The second kappa shape index (κ2) is 14.3. The van der Waals surface area contributed by atoms with E-state index in [1.807, 2.05) is 11.6 Å². The minimum atomic E-state index is -4.19. The molecule has 47 heavy (non-hydrogen) atoms. The molecule has 1 atom stereocenters. The van der Waals surface area contributed by atoms with Gasteiger partial charge in [0.1, 0.15) is 17.7 Å². The van der Waals surface area contributed by atoms with Crippen molar-refractivity contribution in [3.8, 4) is 12.3 Å². The number of benzene rings is 3. The monoisotopic (exact) mass is 661 g/mol. The second-order valence-electron chi connectivity index (χ2n) is 10.9. The first kappa shape index (κ1) is 34.3. The van der Waals surface area contributed by atoms with E-state index in [0.717, 1.165) is 22.8 Å². The Morgan fingerprint density at radius 3 is 2.43 bits per heavy atom. The second-order valence-corrected chi connectivity index (χ2v) is 12.6. The molecule has 0 aliphatic carbocycles. The normalized spacial score (nSPS) is 11.8. The maximum atomic E-state index is 15.3. The van der Waals surface area contributed by atoms with Crippen molar-refractivity contribution < 1.29 is 32.3 Å². The number of aromatic nitrogens is 2. The van der Waals surface area contributed by atoms with Gasteiger partial charge < -0.3 is 20.3 Å². The minimum Gasteiger partial charge on any atom is -0.480 e. The van der Waals surface area contributed by atoms with E-state index in [2.05, 4.69) is 21.2 Å². The molecule has 0 radical (unpaired) electrons. The smallest absolute Gasteiger partial charge is 0.326 e. The highest BCUT2D eigenvalue weighted by Gasteiger charge is 2.25. The number of hydrogen-bond acceptors (Lipinski definition) is 8. The summed E-state index contributed by atoms with van der Waals surface area (Å²) in [7, 11) is -4.19. The predicted octanol–water partition coefficient (Wildman–Crippen LogP) is 3.10. The lowest BCUT2D eigenvalue weighted by molar-refractivity contribution is -0.139. The Labute approximate surface area is 270 Å². The number of carbonyl (C=O) groups excluding carboxylic acids is 2. The Morgan fingerprint density at radius 1 is 1.09 bits per heavy atom. The number of carbonyl (C=O) groups is 3. The van der Waals surface area contributed by atoms with Gasteiger partial charge in [-0.2, -0.15) is 0 Å². The summed E-state index contributed by atoms with van der Waals surface area (Å²) in [6.45, 7) is 5.56. The van der Waals surface area contributed by atoms with E-state index in [-0.39, 0.29) is 23.5 Å². The van der Waals surface area contributed by atoms with Gasteiger partial charge in [-0.05, 0) is 80.8 Å². The van der Waals surface area contributed by atoms with Gasteiger partial charge in [0, 0.05) is 18.7 Å². The van der Waals surface area contributed by atoms with E-state index in [1.54, 1.807) is 43.0 Å². The number of sulfonamides is 1. The van der Waals surface area contributed by atoms with E-state index >= 15 is 4.39 Å². The van der Waals surface area contributed by atoms with Gasteiger partial charge in [0.2, 0.25) is 5.91 Å². The molecule has 0 saturated heterocycles. The van der Waals surface area contributed by atoms with Crippen molar-refractivity contribution >= 4 is 44.4 Å². The molecule has 0 saturated carbocycles. The Balaban J connectivity index is 1.45. The van der Waals surface area contributed by atoms with Crippen LogP contribution in [0, 0.1) is 38.9 Å². The third-order valence-corrected chi connectivity index (χ3v) is 8.72. The van der Waals surface area contributed by atoms with Gasteiger partial charge in [0.05, 0.1) is 27.9 Å². The lowest BCUT2D eigenvalue weighted by Gasteiger charge is -2.24. The molecule has 3 aromatic carbocycles. The highest BCUT2D eigenvalue weighted by atomic mass is 32.2. The lowest BCUT2D eigenvalue weighted by Crippen LogP contribution is -2.42. The lowest BCUT2D eigenvalue weighted by atomic mass is 10.0. The number of terminal acetylenes is 1. The van der Waals surface area contributed by atoms with E-state index in [0.29, 0.717) is 22.4 Å². The topological polar surface area (TPSA) is 179 Å². The summed E-state index contributed by atoms with van der Waals surface area (Å²) in [5.41, 5.74) is 2.49. The number of aromatic amines is 1. The van der Waals surface area contributed by atoms with Crippen LogP contribution >= 0.6 is 0 Å². The Bertz CT molecular complexity index is 2070. The van der Waals surface area contributed by atoms with Gasteiger partial charge in [-0.15, -0.1) is 6.42 Å². The quantitative estimate of drug-likeness (QED) is 0.166. The highest BCUT2D eigenvalue weighted by Crippen LogP contribution is 2.24. The van der Waals surface area contributed by atoms with E-state index in [9.17, 15) is 32.7 Å². The molecule has 4 N–H and O–H groups in total. The van der Waals surface area contributed by atoms with Crippen LogP contribution in [-0.4, -0.2) is 53.9 Å².